The van der Waals surface area contributed by atoms with E-state index in [1.165, 1.54) is 12.1 Å². The van der Waals surface area contributed by atoms with Gasteiger partial charge in [-0.2, -0.15) is 0 Å². The van der Waals surface area contributed by atoms with Crippen molar-refractivity contribution in [3.05, 3.63) is 58.1 Å². The summed E-state index contributed by atoms with van der Waals surface area (Å²) in [4.78, 5) is 39.7. The van der Waals surface area contributed by atoms with Gasteiger partial charge >= 0.3 is 0 Å². The molecule has 5 rings (SSSR count). The highest BCUT2D eigenvalue weighted by Gasteiger charge is 2.22. The lowest BCUT2D eigenvalue weighted by Crippen LogP contribution is -2.47. The lowest BCUT2D eigenvalue weighted by Gasteiger charge is -2.32. The van der Waals surface area contributed by atoms with Crippen LogP contribution < -0.4 is 11.3 Å². The number of nitrogens with two attached hydrogens (primary N) is 1. The number of anilines is 1. The first-order valence-corrected chi connectivity index (χ1v) is 10.0. The Morgan fingerprint density at radius 2 is 1.87 bits per heavy atom. The molecule has 0 atom stereocenters. The average Bonchev–Trinajstić information content (AvgIpc) is 3.16. The van der Waals surface area contributed by atoms with Gasteiger partial charge in [0.1, 0.15) is 17.2 Å². The average molecular weight is 420 g/mol. The van der Waals surface area contributed by atoms with Gasteiger partial charge in [0.05, 0.1) is 27.6 Å². The fourth-order valence-corrected chi connectivity index (χ4v) is 4.02. The number of nitrogens with one attached hydrogen (secondary N) is 2. The van der Waals surface area contributed by atoms with Crippen molar-refractivity contribution in [2.45, 2.75) is 0 Å². The Morgan fingerprint density at radius 1 is 1.10 bits per heavy atom. The Labute approximate surface area is 176 Å². The number of pyridine rings is 1. The van der Waals surface area contributed by atoms with Crippen molar-refractivity contribution >= 4 is 33.5 Å². The molecule has 8 nitrogen and oxygen atoms in total. The third-order valence-corrected chi connectivity index (χ3v) is 5.78. The Morgan fingerprint density at radius 3 is 2.65 bits per heavy atom. The number of likely N-dealkylation sites (N-methyl/N-ethyl adjacent to an activating group) is 1. The van der Waals surface area contributed by atoms with Crippen molar-refractivity contribution in [2.75, 3.05) is 39.0 Å². The van der Waals surface area contributed by atoms with Crippen LogP contribution in [0.5, 0.6) is 0 Å². The number of carbonyl (C=O) groups is 1. The van der Waals surface area contributed by atoms with E-state index in [0.717, 1.165) is 13.1 Å². The number of amides is 1. The second-order valence-corrected chi connectivity index (χ2v) is 7.82. The van der Waals surface area contributed by atoms with Gasteiger partial charge in [-0.25, -0.2) is 9.37 Å². The summed E-state index contributed by atoms with van der Waals surface area (Å²) in [5, 5.41) is 0.142. The summed E-state index contributed by atoms with van der Waals surface area (Å²) in [6.45, 7) is 3.03. The molecule has 0 saturated carbocycles. The van der Waals surface area contributed by atoms with Crippen LogP contribution in [0.15, 0.2) is 41.2 Å². The van der Waals surface area contributed by atoms with E-state index >= 15 is 0 Å². The van der Waals surface area contributed by atoms with Crippen LogP contribution in [0, 0.1) is 5.82 Å². The highest BCUT2D eigenvalue weighted by molar-refractivity contribution is 6.00. The number of piperazine rings is 1. The maximum atomic E-state index is 14.3. The number of imidazole rings is 1. The fourth-order valence-electron chi connectivity index (χ4n) is 4.02. The number of halogens is 1. The lowest BCUT2D eigenvalue weighted by molar-refractivity contribution is 0.0664. The van der Waals surface area contributed by atoms with Gasteiger partial charge in [0.25, 0.3) is 11.5 Å². The molecule has 2 aromatic heterocycles. The first-order chi connectivity index (χ1) is 14.9. The van der Waals surface area contributed by atoms with Gasteiger partial charge in [-0.05, 0) is 37.4 Å². The molecular formula is C22H21FN6O2. The summed E-state index contributed by atoms with van der Waals surface area (Å²) >= 11 is 0. The summed E-state index contributed by atoms with van der Waals surface area (Å²) in [6, 6.07) is 9.56. The normalized spacial score (nSPS) is 15.1. The maximum absolute atomic E-state index is 14.3. The smallest absolute Gasteiger partial charge is 0.261 e. The number of benzene rings is 2. The number of nitrogen functional groups attached to an aromatic ring is 1. The molecule has 4 N–H and O–H groups in total. The van der Waals surface area contributed by atoms with E-state index in [-0.39, 0.29) is 28.4 Å². The van der Waals surface area contributed by atoms with Gasteiger partial charge in [0.15, 0.2) is 0 Å². The van der Waals surface area contributed by atoms with Crippen LogP contribution in [0.3, 0.4) is 0 Å². The Kier molecular flexibility index (Phi) is 4.48. The van der Waals surface area contributed by atoms with Crippen molar-refractivity contribution in [1.82, 2.24) is 24.8 Å². The molecule has 0 spiro atoms. The largest absolute Gasteiger partial charge is 0.397 e. The summed E-state index contributed by atoms with van der Waals surface area (Å²) in [5.74, 6) is -0.344. The van der Waals surface area contributed by atoms with Gasteiger partial charge in [0.2, 0.25) is 0 Å². The van der Waals surface area contributed by atoms with Crippen molar-refractivity contribution in [3.63, 3.8) is 0 Å². The zero-order valence-electron chi connectivity index (χ0n) is 16.9. The van der Waals surface area contributed by atoms with Crippen LogP contribution >= 0.6 is 0 Å². The maximum Gasteiger partial charge on any atom is 0.261 e. The second-order valence-electron chi connectivity index (χ2n) is 7.82. The van der Waals surface area contributed by atoms with Gasteiger partial charge in [-0.15, -0.1) is 0 Å². The van der Waals surface area contributed by atoms with Crippen molar-refractivity contribution in [1.29, 1.82) is 0 Å². The van der Waals surface area contributed by atoms with E-state index in [0.29, 0.717) is 35.2 Å². The predicted molar refractivity (Wildman–Crippen MR) is 117 cm³/mol. The number of nitrogens with zero attached hydrogens (tertiary/aromatic N) is 3. The van der Waals surface area contributed by atoms with Crippen LogP contribution in [0.2, 0.25) is 0 Å². The van der Waals surface area contributed by atoms with Crippen LogP contribution in [0.1, 0.15) is 10.4 Å². The van der Waals surface area contributed by atoms with Crippen molar-refractivity contribution in [2.24, 2.45) is 0 Å². The Hall–Kier alpha value is -3.72. The Bertz CT molecular complexity index is 1380. The summed E-state index contributed by atoms with van der Waals surface area (Å²) in [6.07, 6.45) is 0. The molecule has 1 saturated heterocycles. The summed E-state index contributed by atoms with van der Waals surface area (Å²) in [7, 11) is 2.03. The van der Waals surface area contributed by atoms with Crippen molar-refractivity contribution in [3.8, 4) is 11.4 Å². The monoisotopic (exact) mass is 420 g/mol. The standard InChI is InChI=1S/C22H21FN6O2/c1-28-7-9-29(10-8-28)22(31)12-5-6-14-16(11-12)26-20(25-14)18-19(24)17-13(23)3-2-4-15(17)27-21(18)30/h2-6,11H,7-10H2,1H3,(H,25,26)(H3,24,27,30). The van der Waals surface area contributed by atoms with Crippen LogP contribution in [-0.2, 0) is 0 Å². The molecule has 3 heterocycles. The zero-order valence-corrected chi connectivity index (χ0v) is 16.9. The Balaban J connectivity index is 1.56. The molecule has 158 valence electrons. The molecule has 1 fully saturated rings. The number of hydrogen-bond donors (Lipinski definition) is 3. The third-order valence-electron chi connectivity index (χ3n) is 5.78. The van der Waals surface area contributed by atoms with E-state index < -0.39 is 11.4 Å². The van der Waals surface area contributed by atoms with E-state index in [1.807, 2.05) is 11.9 Å². The van der Waals surface area contributed by atoms with E-state index in [4.69, 9.17) is 5.73 Å². The number of H-pyrrole nitrogens is 2. The molecule has 2 aromatic carbocycles. The molecule has 9 heteroatoms. The first kappa shape index (κ1) is 19.3. The molecule has 1 aliphatic rings. The van der Waals surface area contributed by atoms with Crippen LogP contribution in [0.4, 0.5) is 10.1 Å². The third kappa shape index (κ3) is 3.23. The highest BCUT2D eigenvalue weighted by atomic mass is 19.1. The molecule has 1 aliphatic heterocycles. The number of aromatic amines is 2. The molecular weight excluding hydrogens is 399 g/mol. The van der Waals surface area contributed by atoms with E-state index in [1.54, 1.807) is 24.3 Å². The number of carbonyl (C=O) groups excluding carboxylic acids is 1. The molecule has 4 aromatic rings. The number of rotatable bonds is 2. The molecule has 0 aliphatic carbocycles. The molecule has 31 heavy (non-hydrogen) atoms. The lowest BCUT2D eigenvalue weighted by atomic mass is 10.1. The van der Waals surface area contributed by atoms with Gasteiger partial charge in [-0.1, -0.05) is 6.07 Å². The van der Waals surface area contributed by atoms with E-state index in [9.17, 15) is 14.0 Å². The molecule has 0 unspecified atom stereocenters. The predicted octanol–water partition coefficient (Wildman–Crippen LogP) is 2.18. The number of aromatic nitrogens is 3. The van der Waals surface area contributed by atoms with Crippen LogP contribution in [-0.4, -0.2) is 63.9 Å². The minimum Gasteiger partial charge on any atom is -0.397 e. The topological polar surface area (TPSA) is 111 Å². The minimum absolute atomic E-state index is 0.0182. The second kappa shape index (κ2) is 7.21. The molecule has 0 radical (unpaired) electrons. The molecule has 1 amide bonds. The van der Waals surface area contributed by atoms with E-state index in [2.05, 4.69) is 19.9 Å². The number of hydrogen-bond acceptors (Lipinski definition) is 5. The first-order valence-electron chi connectivity index (χ1n) is 10.0. The SMILES string of the molecule is CN1CCN(C(=O)c2ccc3nc(-c4c(N)c5c(F)cccc5[nH]c4=O)[nH]c3c2)CC1. The summed E-state index contributed by atoms with van der Waals surface area (Å²) in [5.41, 5.74) is 7.84. The minimum atomic E-state index is -0.524. The molecule has 0 bridgehead atoms. The fraction of sp³-hybridized carbons (Fsp3) is 0.227. The van der Waals surface area contributed by atoms with Gasteiger partial charge in [-0.3, -0.25) is 9.59 Å². The van der Waals surface area contributed by atoms with Crippen LogP contribution in [0.25, 0.3) is 33.3 Å². The highest BCUT2D eigenvalue weighted by Crippen LogP contribution is 2.30. The summed E-state index contributed by atoms with van der Waals surface area (Å²) < 4.78 is 14.3. The zero-order chi connectivity index (χ0) is 21.7. The van der Waals surface area contributed by atoms with Gasteiger partial charge in [0, 0.05) is 31.7 Å². The van der Waals surface area contributed by atoms with Gasteiger partial charge < -0.3 is 25.5 Å². The number of fused-ring (bicyclic) bond motifs is 2. The van der Waals surface area contributed by atoms with Crippen molar-refractivity contribution < 1.29 is 9.18 Å². The quantitative estimate of drug-likeness (QED) is 0.460.